The molecule has 3 heterocycles. The zero-order chi connectivity index (χ0) is 21.9. The molecule has 160 valence electrons. The van der Waals surface area contributed by atoms with Crippen molar-refractivity contribution in [2.75, 3.05) is 25.6 Å². The number of carbonyl (C=O) groups is 1. The average molecular weight is 427 g/mol. The number of anilines is 1. The first-order chi connectivity index (χ1) is 15.7. The first-order valence-electron chi connectivity index (χ1n) is 10.2. The summed E-state index contributed by atoms with van der Waals surface area (Å²) in [5.74, 6) is 2.08. The topological polar surface area (TPSA) is 74.1 Å². The van der Waals surface area contributed by atoms with Gasteiger partial charge in [-0.05, 0) is 35.9 Å². The molecule has 0 bridgehead atoms. The number of rotatable bonds is 5. The summed E-state index contributed by atoms with van der Waals surface area (Å²) in [7, 11) is 1.57. The Morgan fingerprint density at radius 1 is 1.09 bits per heavy atom. The predicted molar refractivity (Wildman–Crippen MR) is 122 cm³/mol. The number of carbonyl (C=O) groups excluding carboxylic acids is 1. The zero-order valence-corrected chi connectivity index (χ0v) is 17.4. The number of methoxy groups -OCH3 is 1. The fourth-order valence-corrected chi connectivity index (χ4v) is 3.63. The van der Waals surface area contributed by atoms with Crippen molar-refractivity contribution in [2.45, 2.75) is 0 Å². The van der Waals surface area contributed by atoms with E-state index in [1.165, 1.54) is 6.08 Å². The van der Waals surface area contributed by atoms with Gasteiger partial charge in [0.25, 0.3) is 0 Å². The first kappa shape index (κ1) is 19.7. The van der Waals surface area contributed by atoms with Gasteiger partial charge in [-0.3, -0.25) is 9.20 Å². The number of imidazole rings is 1. The van der Waals surface area contributed by atoms with Gasteiger partial charge in [-0.15, -0.1) is 0 Å². The summed E-state index contributed by atoms with van der Waals surface area (Å²) in [6.45, 7) is 0.949. The molecule has 4 aromatic rings. The quantitative estimate of drug-likeness (QED) is 0.477. The number of nitrogens with zero attached hydrogens (tertiary/aromatic N) is 2. The van der Waals surface area contributed by atoms with Gasteiger partial charge >= 0.3 is 0 Å². The van der Waals surface area contributed by atoms with Crippen molar-refractivity contribution in [3.8, 4) is 28.5 Å². The second-order valence-corrected chi connectivity index (χ2v) is 7.17. The van der Waals surface area contributed by atoms with Crippen LogP contribution in [-0.4, -0.2) is 35.6 Å². The summed E-state index contributed by atoms with van der Waals surface area (Å²) in [4.78, 5) is 17.5. The van der Waals surface area contributed by atoms with Crippen molar-refractivity contribution in [1.82, 2.24) is 9.38 Å². The van der Waals surface area contributed by atoms with E-state index < -0.39 is 0 Å². The van der Waals surface area contributed by atoms with E-state index in [0.717, 1.165) is 16.8 Å². The van der Waals surface area contributed by atoms with E-state index in [1.807, 2.05) is 65.2 Å². The first-order valence-corrected chi connectivity index (χ1v) is 10.2. The molecule has 7 heteroatoms. The maximum atomic E-state index is 12.8. The zero-order valence-electron chi connectivity index (χ0n) is 17.4. The Kier molecular flexibility index (Phi) is 5.21. The summed E-state index contributed by atoms with van der Waals surface area (Å²) in [5, 5.41) is 2.98. The Bertz CT molecular complexity index is 1290. The van der Waals surface area contributed by atoms with Crippen LogP contribution in [0.3, 0.4) is 0 Å². The largest absolute Gasteiger partial charge is 0.493 e. The number of hydrogen-bond donors (Lipinski definition) is 1. The Morgan fingerprint density at radius 2 is 1.91 bits per heavy atom. The molecule has 0 saturated heterocycles. The maximum absolute atomic E-state index is 12.8. The van der Waals surface area contributed by atoms with E-state index >= 15 is 0 Å². The van der Waals surface area contributed by atoms with E-state index in [0.29, 0.717) is 42.0 Å². The highest BCUT2D eigenvalue weighted by atomic mass is 16.6. The summed E-state index contributed by atoms with van der Waals surface area (Å²) < 4.78 is 18.6. The van der Waals surface area contributed by atoms with Crippen LogP contribution in [0.5, 0.6) is 17.2 Å². The fraction of sp³-hybridized carbons (Fsp3) is 0.120. The molecular formula is C25H21N3O4. The van der Waals surface area contributed by atoms with E-state index in [4.69, 9.17) is 19.2 Å². The van der Waals surface area contributed by atoms with Crippen LogP contribution in [0, 0.1) is 0 Å². The van der Waals surface area contributed by atoms with Crippen molar-refractivity contribution in [3.63, 3.8) is 0 Å². The lowest BCUT2D eigenvalue weighted by molar-refractivity contribution is -0.111. The van der Waals surface area contributed by atoms with Crippen LogP contribution in [-0.2, 0) is 4.79 Å². The molecule has 5 rings (SSSR count). The van der Waals surface area contributed by atoms with Crippen LogP contribution < -0.4 is 19.5 Å². The summed E-state index contributed by atoms with van der Waals surface area (Å²) in [5.41, 5.74) is 3.15. The molecule has 0 radical (unpaired) electrons. The third-order valence-corrected chi connectivity index (χ3v) is 5.10. The molecule has 0 unspecified atom stereocenters. The molecule has 2 aromatic carbocycles. The van der Waals surface area contributed by atoms with Crippen molar-refractivity contribution in [1.29, 1.82) is 0 Å². The molecular weight excluding hydrogens is 406 g/mol. The molecule has 1 aliphatic rings. The highest BCUT2D eigenvalue weighted by molar-refractivity contribution is 6.03. The SMILES string of the molecule is COc1cc(/C=C/C(=O)Nc2c(-c3ccccc3)nc3ccccn23)cc2c1OCCO2. The van der Waals surface area contributed by atoms with Crippen LogP contribution >= 0.6 is 0 Å². The highest BCUT2D eigenvalue weighted by Crippen LogP contribution is 2.40. The number of amides is 1. The molecule has 2 aromatic heterocycles. The van der Waals surface area contributed by atoms with E-state index in [-0.39, 0.29) is 5.91 Å². The van der Waals surface area contributed by atoms with Gasteiger partial charge in [0.05, 0.1) is 7.11 Å². The molecule has 7 nitrogen and oxygen atoms in total. The van der Waals surface area contributed by atoms with Gasteiger partial charge in [-0.25, -0.2) is 4.98 Å². The number of benzene rings is 2. The Balaban J connectivity index is 1.44. The summed E-state index contributed by atoms with van der Waals surface area (Å²) in [6.07, 6.45) is 5.06. The smallest absolute Gasteiger partial charge is 0.249 e. The standard InChI is InChI=1S/C25H21N3O4/c1-30-19-15-17(16-20-24(19)32-14-13-31-20)10-11-22(29)27-25-23(18-7-3-2-4-8-18)26-21-9-5-6-12-28(21)25/h2-12,15-16H,13-14H2,1H3,(H,27,29)/b11-10+. The molecule has 0 aliphatic carbocycles. The lowest BCUT2D eigenvalue weighted by atomic mass is 10.1. The lowest BCUT2D eigenvalue weighted by Gasteiger charge is -2.20. The fourth-order valence-electron chi connectivity index (χ4n) is 3.63. The minimum Gasteiger partial charge on any atom is -0.493 e. The average Bonchev–Trinajstić information content (AvgIpc) is 3.21. The van der Waals surface area contributed by atoms with Crippen LogP contribution in [0.1, 0.15) is 5.56 Å². The Labute approximate surface area is 184 Å². The molecule has 0 atom stereocenters. The molecule has 32 heavy (non-hydrogen) atoms. The van der Waals surface area contributed by atoms with Crippen molar-refractivity contribution in [2.24, 2.45) is 0 Å². The van der Waals surface area contributed by atoms with Crippen LogP contribution in [0.25, 0.3) is 23.0 Å². The van der Waals surface area contributed by atoms with Gasteiger partial charge < -0.3 is 19.5 Å². The van der Waals surface area contributed by atoms with Gasteiger partial charge in [0, 0.05) is 17.8 Å². The van der Waals surface area contributed by atoms with E-state index in [9.17, 15) is 4.79 Å². The molecule has 1 N–H and O–H groups in total. The molecule has 0 fully saturated rings. The molecule has 0 saturated carbocycles. The van der Waals surface area contributed by atoms with Crippen molar-refractivity contribution >= 4 is 23.4 Å². The minimum atomic E-state index is -0.276. The number of aromatic nitrogens is 2. The second kappa shape index (κ2) is 8.47. The third kappa shape index (κ3) is 3.76. The van der Waals surface area contributed by atoms with Crippen LogP contribution in [0.2, 0.25) is 0 Å². The highest BCUT2D eigenvalue weighted by Gasteiger charge is 2.18. The minimum absolute atomic E-state index is 0.276. The number of pyridine rings is 1. The Hall–Kier alpha value is -4.26. The van der Waals surface area contributed by atoms with Gasteiger partial charge in [0.2, 0.25) is 11.7 Å². The molecule has 1 aliphatic heterocycles. The van der Waals surface area contributed by atoms with Gasteiger partial charge in [-0.2, -0.15) is 0 Å². The van der Waals surface area contributed by atoms with E-state index in [2.05, 4.69) is 5.32 Å². The lowest BCUT2D eigenvalue weighted by Crippen LogP contribution is -2.16. The monoisotopic (exact) mass is 427 g/mol. The van der Waals surface area contributed by atoms with Gasteiger partial charge in [0.15, 0.2) is 11.5 Å². The summed E-state index contributed by atoms with van der Waals surface area (Å²) in [6, 6.07) is 19.1. The second-order valence-electron chi connectivity index (χ2n) is 7.17. The van der Waals surface area contributed by atoms with Crippen LogP contribution in [0.4, 0.5) is 5.82 Å². The number of nitrogens with one attached hydrogen (secondary N) is 1. The molecule has 0 spiro atoms. The number of ether oxygens (including phenoxy) is 3. The number of hydrogen-bond acceptors (Lipinski definition) is 5. The summed E-state index contributed by atoms with van der Waals surface area (Å²) >= 11 is 0. The normalized spacial score (nSPS) is 12.8. The number of fused-ring (bicyclic) bond motifs is 2. The van der Waals surface area contributed by atoms with Gasteiger partial charge in [0.1, 0.15) is 30.4 Å². The predicted octanol–water partition coefficient (Wildman–Crippen LogP) is 4.43. The van der Waals surface area contributed by atoms with Crippen molar-refractivity contribution in [3.05, 3.63) is 78.5 Å². The van der Waals surface area contributed by atoms with E-state index in [1.54, 1.807) is 19.3 Å². The molecule has 1 amide bonds. The van der Waals surface area contributed by atoms with Crippen LogP contribution in [0.15, 0.2) is 72.9 Å². The maximum Gasteiger partial charge on any atom is 0.249 e. The van der Waals surface area contributed by atoms with Crippen molar-refractivity contribution < 1.29 is 19.0 Å². The Morgan fingerprint density at radius 3 is 2.75 bits per heavy atom. The third-order valence-electron chi connectivity index (χ3n) is 5.10. The van der Waals surface area contributed by atoms with Gasteiger partial charge in [-0.1, -0.05) is 36.4 Å².